The summed E-state index contributed by atoms with van der Waals surface area (Å²) in [4.78, 5) is 62.2. The van der Waals surface area contributed by atoms with Gasteiger partial charge in [-0.15, -0.1) is 0 Å². The van der Waals surface area contributed by atoms with Crippen LogP contribution in [-0.4, -0.2) is 66.2 Å². The highest BCUT2D eigenvalue weighted by molar-refractivity contribution is 5.93. The van der Waals surface area contributed by atoms with Crippen molar-refractivity contribution in [3.8, 4) is 0 Å². The van der Waals surface area contributed by atoms with Crippen LogP contribution < -0.4 is 21.3 Å². The summed E-state index contributed by atoms with van der Waals surface area (Å²) in [6.45, 7) is 10.4. The van der Waals surface area contributed by atoms with E-state index in [-0.39, 0.29) is 37.2 Å². The normalized spacial score (nSPS) is 12.9. The van der Waals surface area contributed by atoms with Crippen molar-refractivity contribution in [1.29, 1.82) is 0 Å². The van der Waals surface area contributed by atoms with Crippen molar-refractivity contribution < 1.29 is 38.6 Å². The van der Waals surface area contributed by atoms with Gasteiger partial charge in [-0.25, -0.2) is 9.59 Å². The van der Waals surface area contributed by atoms with Gasteiger partial charge in [0, 0.05) is 13.0 Å². The molecule has 0 fully saturated rings. The lowest BCUT2D eigenvalue weighted by Gasteiger charge is -2.26. The first-order valence-electron chi connectivity index (χ1n) is 14.2. The molecule has 0 radical (unpaired) electrons. The van der Waals surface area contributed by atoms with Crippen LogP contribution in [0.25, 0.3) is 0 Å². The highest BCUT2D eigenvalue weighted by atomic mass is 16.5. The van der Waals surface area contributed by atoms with Crippen molar-refractivity contribution in [1.82, 2.24) is 21.3 Å². The zero-order chi connectivity index (χ0) is 31.5. The van der Waals surface area contributed by atoms with Crippen LogP contribution >= 0.6 is 0 Å². The van der Waals surface area contributed by atoms with Crippen molar-refractivity contribution in [2.24, 2.45) is 11.8 Å². The summed E-state index contributed by atoms with van der Waals surface area (Å²) < 4.78 is 9.94. The van der Waals surface area contributed by atoms with Gasteiger partial charge in [0.2, 0.25) is 17.7 Å². The Hall–Kier alpha value is -3.93. The monoisotopic (exact) mass is 590 g/mol. The molecule has 0 bridgehead atoms. The fraction of sp³-hybridized carbons (Fsp3) is 0.567. The Morgan fingerprint density at radius 1 is 0.905 bits per heavy atom. The molecule has 1 rings (SSSR count). The van der Waals surface area contributed by atoms with E-state index < -0.39 is 48.6 Å². The number of hydrogen-bond acceptors (Lipinski definition) is 8. The van der Waals surface area contributed by atoms with E-state index in [1.54, 1.807) is 13.8 Å². The molecule has 12 nitrogen and oxygen atoms in total. The van der Waals surface area contributed by atoms with Gasteiger partial charge in [-0.2, -0.15) is 0 Å². The summed E-state index contributed by atoms with van der Waals surface area (Å²) in [7, 11) is 0. The molecule has 0 aliphatic heterocycles. The van der Waals surface area contributed by atoms with E-state index in [2.05, 4.69) is 27.8 Å². The number of amides is 4. The predicted octanol–water partition coefficient (Wildman–Crippen LogP) is 2.31. The largest absolute Gasteiger partial charge is 0.445 e. The number of nitrogens with one attached hydrogen (secondary N) is 4. The van der Waals surface area contributed by atoms with E-state index in [0.29, 0.717) is 25.8 Å². The maximum Gasteiger partial charge on any atom is 0.407 e. The molecule has 0 saturated heterocycles. The van der Waals surface area contributed by atoms with E-state index in [1.165, 1.54) is 0 Å². The first-order chi connectivity index (χ1) is 20.0. The van der Waals surface area contributed by atoms with Gasteiger partial charge >= 0.3 is 12.1 Å². The van der Waals surface area contributed by atoms with Crippen molar-refractivity contribution in [2.45, 2.75) is 84.5 Å². The SMILES string of the molecule is C=COC(=O)[C@H](CC(C)C)NC(=O)[C@H](CO)NC(=O)[C@@H](NC(=O)CCCCCNC(=O)OCc1ccccc1)C(C)C. The summed E-state index contributed by atoms with van der Waals surface area (Å²) in [6, 6.07) is 6.06. The topological polar surface area (TPSA) is 172 Å². The second-order valence-electron chi connectivity index (χ2n) is 10.6. The smallest absolute Gasteiger partial charge is 0.407 e. The minimum absolute atomic E-state index is 0.0491. The lowest BCUT2D eigenvalue weighted by molar-refractivity contribution is -0.143. The number of carbonyl (C=O) groups is 5. The minimum atomic E-state index is -1.34. The number of esters is 1. The van der Waals surface area contributed by atoms with Crippen LogP contribution in [0.2, 0.25) is 0 Å². The number of unbranched alkanes of at least 4 members (excludes halogenated alkanes) is 2. The van der Waals surface area contributed by atoms with E-state index in [1.807, 2.05) is 44.2 Å². The summed E-state index contributed by atoms with van der Waals surface area (Å²) in [5.41, 5.74) is 0.892. The molecule has 12 heteroatoms. The summed E-state index contributed by atoms with van der Waals surface area (Å²) in [5, 5.41) is 20.1. The van der Waals surface area contributed by atoms with Gasteiger partial charge in [0.25, 0.3) is 0 Å². The van der Waals surface area contributed by atoms with Crippen LogP contribution in [0.5, 0.6) is 0 Å². The number of aliphatic hydroxyl groups is 1. The molecule has 234 valence electrons. The quantitative estimate of drug-likeness (QED) is 0.0928. The Labute approximate surface area is 248 Å². The number of hydrogen-bond donors (Lipinski definition) is 5. The summed E-state index contributed by atoms with van der Waals surface area (Å²) >= 11 is 0. The van der Waals surface area contributed by atoms with Crippen LogP contribution in [0.15, 0.2) is 43.2 Å². The second-order valence-corrected chi connectivity index (χ2v) is 10.6. The Kier molecular flexibility index (Phi) is 17.2. The summed E-state index contributed by atoms with van der Waals surface area (Å²) in [6.07, 6.45) is 2.76. The molecule has 0 aliphatic carbocycles. The second kappa shape index (κ2) is 20.0. The molecule has 42 heavy (non-hydrogen) atoms. The molecule has 5 N–H and O–H groups in total. The van der Waals surface area contributed by atoms with Crippen molar-refractivity contribution in [2.75, 3.05) is 13.2 Å². The highest BCUT2D eigenvalue weighted by Gasteiger charge is 2.31. The molecule has 0 spiro atoms. The van der Waals surface area contributed by atoms with Crippen LogP contribution in [0.4, 0.5) is 4.79 Å². The number of rotatable bonds is 19. The number of alkyl carbamates (subject to hydrolysis) is 1. The van der Waals surface area contributed by atoms with Crippen LogP contribution in [0.1, 0.15) is 65.4 Å². The Bertz CT molecular complexity index is 1020. The van der Waals surface area contributed by atoms with Gasteiger partial charge in [0.15, 0.2) is 0 Å². The van der Waals surface area contributed by atoms with Gasteiger partial charge in [0.1, 0.15) is 24.7 Å². The first-order valence-corrected chi connectivity index (χ1v) is 14.2. The van der Waals surface area contributed by atoms with Crippen LogP contribution in [0, 0.1) is 11.8 Å². The standard InChI is InChI=1S/C30H46N4O8/c1-6-41-29(39)23(17-20(2)3)32-27(37)24(18-35)33-28(38)26(21(4)5)34-25(36)15-11-8-12-16-31-30(40)42-19-22-13-9-7-10-14-22/h6-7,9-10,13-14,20-21,23-24,26,35H,1,8,11-12,15-19H2,2-5H3,(H,31,40)(H,32,37)(H,33,38)(H,34,36)/t23-,24-,26-/m0/s1. The zero-order valence-electron chi connectivity index (χ0n) is 25.0. The van der Waals surface area contributed by atoms with Gasteiger partial charge in [0.05, 0.1) is 12.9 Å². The molecule has 0 unspecified atom stereocenters. The first kappa shape index (κ1) is 36.1. The lowest BCUT2D eigenvalue weighted by Crippen LogP contribution is -2.58. The van der Waals surface area contributed by atoms with Gasteiger partial charge in [-0.1, -0.05) is 71.0 Å². The average Bonchev–Trinajstić information content (AvgIpc) is 2.94. The van der Waals surface area contributed by atoms with Crippen LogP contribution in [-0.2, 0) is 35.3 Å². The van der Waals surface area contributed by atoms with Crippen molar-refractivity contribution in [3.63, 3.8) is 0 Å². The van der Waals surface area contributed by atoms with E-state index >= 15 is 0 Å². The molecule has 1 aromatic rings. The van der Waals surface area contributed by atoms with Gasteiger partial charge < -0.3 is 35.8 Å². The summed E-state index contributed by atoms with van der Waals surface area (Å²) in [5.74, 6) is -2.70. The van der Waals surface area contributed by atoms with E-state index in [9.17, 15) is 29.1 Å². The fourth-order valence-electron chi connectivity index (χ4n) is 3.91. The Morgan fingerprint density at radius 3 is 2.17 bits per heavy atom. The van der Waals surface area contributed by atoms with Crippen LogP contribution in [0.3, 0.4) is 0 Å². The lowest BCUT2D eigenvalue weighted by atomic mass is 10.0. The molecular formula is C30H46N4O8. The average molecular weight is 591 g/mol. The van der Waals surface area contributed by atoms with E-state index in [4.69, 9.17) is 9.47 Å². The predicted molar refractivity (Wildman–Crippen MR) is 157 cm³/mol. The van der Waals surface area contributed by atoms with Gasteiger partial charge in [-0.05, 0) is 36.7 Å². The molecule has 0 heterocycles. The molecule has 0 aromatic heterocycles. The maximum atomic E-state index is 12.9. The molecule has 0 aliphatic rings. The Balaban J connectivity index is 2.47. The zero-order valence-corrected chi connectivity index (χ0v) is 25.0. The molecule has 1 aromatic carbocycles. The Morgan fingerprint density at radius 2 is 1.57 bits per heavy atom. The highest BCUT2D eigenvalue weighted by Crippen LogP contribution is 2.09. The third-order valence-corrected chi connectivity index (χ3v) is 6.15. The number of ether oxygens (including phenoxy) is 2. The number of carbonyl (C=O) groups excluding carboxylic acids is 5. The van der Waals surface area contributed by atoms with Crippen molar-refractivity contribution in [3.05, 3.63) is 48.7 Å². The molecule has 4 amide bonds. The maximum absolute atomic E-state index is 12.9. The fourth-order valence-corrected chi connectivity index (χ4v) is 3.91. The molecule has 3 atom stereocenters. The third kappa shape index (κ3) is 14.6. The minimum Gasteiger partial charge on any atom is -0.445 e. The molecule has 0 saturated carbocycles. The third-order valence-electron chi connectivity index (χ3n) is 6.15. The number of aliphatic hydroxyl groups excluding tert-OH is 1. The van der Waals surface area contributed by atoms with Crippen molar-refractivity contribution >= 4 is 29.8 Å². The molecular weight excluding hydrogens is 544 g/mol. The van der Waals surface area contributed by atoms with Gasteiger partial charge in [-0.3, -0.25) is 14.4 Å². The van der Waals surface area contributed by atoms with E-state index in [0.717, 1.165) is 11.8 Å². The number of benzene rings is 1.